The Morgan fingerprint density at radius 3 is 2.60 bits per heavy atom. The molecule has 2 aromatic rings. The molecule has 7 nitrogen and oxygen atoms in total. The van der Waals surface area contributed by atoms with Gasteiger partial charge in [-0.2, -0.15) is 0 Å². The number of anilines is 1. The van der Waals surface area contributed by atoms with E-state index < -0.39 is 42.2 Å². The van der Waals surface area contributed by atoms with Crippen molar-refractivity contribution in [3.63, 3.8) is 0 Å². The topological polar surface area (TPSA) is 85.4 Å². The summed E-state index contributed by atoms with van der Waals surface area (Å²) in [6.45, 7) is 7.39. The van der Waals surface area contributed by atoms with Gasteiger partial charge in [-0.15, -0.1) is 0 Å². The molecule has 3 rings (SSSR count). The summed E-state index contributed by atoms with van der Waals surface area (Å²) >= 11 is 0. The predicted octanol–water partition coefficient (Wildman–Crippen LogP) is 4.79. The Morgan fingerprint density at radius 1 is 1.29 bits per heavy atom. The molecular formula is C24H28F4N4O3. The lowest BCUT2D eigenvalue weighted by atomic mass is 10.0. The van der Waals surface area contributed by atoms with E-state index in [-0.39, 0.29) is 29.9 Å². The third-order valence-corrected chi connectivity index (χ3v) is 5.36. The molecular weight excluding hydrogens is 468 g/mol. The highest BCUT2D eigenvalue weighted by Crippen LogP contribution is 2.36. The zero-order valence-electron chi connectivity index (χ0n) is 19.8. The summed E-state index contributed by atoms with van der Waals surface area (Å²) in [4.78, 5) is 21.3. The molecule has 35 heavy (non-hydrogen) atoms. The lowest BCUT2D eigenvalue weighted by Crippen LogP contribution is -2.26. The summed E-state index contributed by atoms with van der Waals surface area (Å²) in [6.07, 6.45) is -1.11. The Balaban J connectivity index is 1.96. The normalized spacial score (nSPS) is 15.2. The van der Waals surface area contributed by atoms with Crippen LogP contribution in [0.5, 0.6) is 0 Å². The maximum atomic E-state index is 14.9. The fourth-order valence-corrected chi connectivity index (χ4v) is 3.73. The molecule has 1 aromatic heterocycles. The number of ether oxygens (including phenoxy) is 2. The van der Waals surface area contributed by atoms with Gasteiger partial charge in [0.05, 0.1) is 49.2 Å². The molecule has 190 valence electrons. The van der Waals surface area contributed by atoms with Gasteiger partial charge in [0.1, 0.15) is 17.5 Å². The number of halogens is 4. The Kier molecular flexibility index (Phi) is 8.44. The van der Waals surface area contributed by atoms with Crippen LogP contribution < -0.4 is 10.6 Å². The molecule has 2 heterocycles. The van der Waals surface area contributed by atoms with Crippen molar-refractivity contribution in [2.45, 2.75) is 51.9 Å². The first kappa shape index (κ1) is 26.6. The van der Waals surface area contributed by atoms with Gasteiger partial charge in [0.15, 0.2) is 6.29 Å². The second kappa shape index (κ2) is 11.1. The van der Waals surface area contributed by atoms with Crippen LogP contribution in [0.2, 0.25) is 0 Å². The molecule has 0 bridgehead atoms. The first-order valence-corrected chi connectivity index (χ1v) is 11.1. The quantitative estimate of drug-likeness (QED) is 0.461. The van der Waals surface area contributed by atoms with Crippen LogP contribution >= 0.6 is 0 Å². The van der Waals surface area contributed by atoms with E-state index >= 15 is 0 Å². The standard InChI is InChI=1S/C24H28F4N4O3/c1-13(8-9-25)29-19(33)12-18-20(23-34-10-11-35-23)22(32-15(3)31-18)30-14(2)16-6-5-7-17(21(16)26)24(4,27)28/h5-7,14,23H,1,8-12H2,2-4H3,(H,29,33)(H,30,31,32)/t14-/m1/s1. The minimum absolute atomic E-state index is 0.0119. The van der Waals surface area contributed by atoms with Gasteiger partial charge in [-0.3, -0.25) is 9.18 Å². The number of amides is 1. The first-order valence-electron chi connectivity index (χ1n) is 11.1. The number of hydrogen-bond donors (Lipinski definition) is 2. The molecule has 0 aliphatic carbocycles. The molecule has 1 aliphatic heterocycles. The van der Waals surface area contributed by atoms with Crippen molar-refractivity contribution in [2.75, 3.05) is 25.2 Å². The van der Waals surface area contributed by atoms with Crippen molar-refractivity contribution >= 4 is 11.7 Å². The molecule has 1 aliphatic rings. The Morgan fingerprint density at radius 2 is 1.97 bits per heavy atom. The molecule has 1 aromatic carbocycles. The van der Waals surface area contributed by atoms with E-state index in [0.717, 1.165) is 6.07 Å². The number of rotatable bonds is 10. The van der Waals surface area contributed by atoms with Gasteiger partial charge in [0.25, 0.3) is 5.92 Å². The number of nitrogens with zero attached hydrogens (tertiary/aromatic N) is 2. The SMILES string of the molecule is C=C(CCF)NC(=O)Cc1nc(C)nc(N[C@H](C)c2cccc(C(C)(F)F)c2F)c1C1OCCO1. The average molecular weight is 497 g/mol. The highest BCUT2D eigenvalue weighted by molar-refractivity contribution is 5.80. The van der Waals surface area contributed by atoms with Gasteiger partial charge < -0.3 is 20.1 Å². The van der Waals surface area contributed by atoms with Crippen molar-refractivity contribution in [2.24, 2.45) is 0 Å². The lowest BCUT2D eigenvalue weighted by Gasteiger charge is -2.23. The van der Waals surface area contributed by atoms with E-state index in [2.05, 4.69) is 27.2 Å². The zero-order valence-corrected chi connectivity index (χ0v) is 19.8. The predicted molar refractivity (Wildman–Crippen MR) is 121 cm³/mol. The molecule has 2 N–H and O–H groups in total. The lowest BCUT2D eigenvalue weighted by molar-refractivity contribution is -0.119. The second-order valence-corrected chi connectivity index (χ2v) is 8.28. The number of allylic oxidation sites excluding steroid dienone is 1. The molecule has 1 amide bonds. The molecule has 1 atom stereocenters. The Hall–Kier alpha value is -3.05. The maximum Gasteiger partial charge on any atom is 0.273 e. The number of carbonyl (C=O) groups excluding carboxylic acids is 1. The van der Waals surface area contributed by atoms with Gasteiger partial charge in [-0.25, -0.2) is 23.1 Å². The third-order valence-electron chi connectivity index (χ3n) is 5.36. The van der Waals surface area contributed by atoms with Crippen molar-refractivity contribution in [1.29, 1.82) is 0 Å². The third kappa shape index (κ3) is 6.55. The van der Waals surface area contributed by atoms with Crippen molar-refractivity contribution in [3.05, 3.63) is 64.5 Å². The zero-order chi connectivity index (χ0) is 25.8. The molecule has 0 unspecified atom stereocenters. The first-order chi connectivity index (χ1) is 16.5. The highest BCUT2D eigenvalue weighted by atomic mass is 19.3. The number of aromatic nitrogens is 2. The van der Waals surface area contributed by atoms with Crippen LogP contribution in [0.3, 0.4) is 0 Å². The van der Waals surface area contributed by atoms with Crippen LogP contribution in [-0.4, -0.2) is 35.8 Å². The highest BCUT2D eigenvalue weighted by Gasteiger charge is 2.32. The van der Waals surface area contributed by atoms with Crippen molar-refractivity contribution in [3.8, 4) is 0 Å². The number of hydrogen-bond acceptors (Lipinski definition) is 6. The van der Waals surface area contributed by atoms with Crippen molar-refractivity contribution < 1.29 is 31.8 Å². The van der Waals surface area contributed by atoms with Gasteiger partial charge in [-0.05, 0) is 13.8 Å². The fourth-order valence-electron chi connectivity index (χ4n) is 3.73. The number of nitrogens with one attached hydrogen (secondary N) is 2. The molecule has 0 saturated carbocycles. The van der Waals surface area contributed by atoms with Crippen LogP contribution in [0, 0.1) is 12.7 Å². The minimum Gasteiger partial charge on any atom is -0.363 e. The average Bonchev–Trinajstić information content (AvgIpc) is 3.27. The fraction of sp³-hybridized carbons (Fsp3) is 0.458. The van der Waals surface area contributed by atoms with E-state index in [0.29, 0.717) is 37.2 Å². The summed E-state index contributed by atoms with van der Waals surface area (Å²) in [6, 6.07) is 3.03. The van der Waals surface area contributed by atoms with Gasteiger partial charge in [-0.1, -0.05) is 24.8 Å². The Labute approximate surface area is 200 Å². The number of alkyl halides is 3. The molecule has 0 radical (unpaired) electrons. The van der Waals surface area contributed by atoms with Gasteiger partial charge in [0.2, 0.25) is 5.91 Å². The van der Waals surface area contributed by atoms with Crippen LogP contribution in [0.1, 0.15) is 60.8 Å². The van der Waals surface area contributed by atoms with E-state index in [1.54, 1.807) is 13.8 Å². The largest absolute Gasteiger partial charge is 0.363 e. The van der Waals surface area contributed by atoms with Crippen LogP contribution in [-0.2, 0) is 26.6 Å². The minimum atomic E-state index is -3.35. The molecule has 1 fully saturated rings. The molecule has 11 heteroatoms. The van der Waals surface area contributed by atoms with E-state index in [1.807, 2.05) is 0 Å². The van der Waals surface area contributed by atoms with Crippen LogP contribution in [0.15, 0.2) is 30.5 Å². The molecule has 0 spiro atoms. The second-order valence-electron chi connectivity index (χ2n) is 8.28. The van der Waals surface area contributed by atoms with Crippen molar-refractivity contribution in [1.82, 2.24) is 15.3 Å². The van der Waals surface area contributed by atoms with Gasteiger partial charge in [0, 0.05) is 24.6 Å². The Bertz CT molecular complexity index is 1090. The van der Waals surface area contributed by atoms with E-state index in [9.17, 15) is 22.4 Å². The number of benzene rings is 1. The summed E-state index contributed by atoms with van der Waals surface area (Å²) < 4.78 is 66.4. The molecule has 1 saturated heterocycles. The van der Waals surface area contributed by atoms with E-state index in [1.165, 1.54) is 12.1 Å². The number of carbonyl (C=O) groups is 1. The van der Waals surface area contributed by atoms with Crippen LogP contribution in [0.4, 0.5) is 23.4 Å². The summed E-state index contributed by atoms with van der Waals surface area (Å²) in [7, 11) is 0. The summed E-state index contributed by atoms with van der Waals surface area (Å²) in [5.74, 6) is -4.32. The number of aryl methyl sites for hydroxylation is 1. The van der Waals surface area contributed by atoms with Gasteiger partial charge >= 0.3 is 0 Å². The summed E-state index contributed by atoms with van der Waals surface area (Å²) in [5, 5.41) is 5.57. The smallest absolute Gasteiger partial charge is 0.273 e. The monoisotopic (exact) mass is 496 g/mol. The van der Waals surface area contributed by atoms with Crippen LogP contribution in [0.25, 0.3) is 0 Å². The van der Waals surface area contributed by atoms with E-state index in [4.69, 9.17) is 9.47 Å². The summed E-state index contributed by atoms with van der Waals surface area (Å²) in [5.41, 5.74) is 0.160. The maximum absolute atomic E-state index is 14.9.